The third-order valence-corrected chi connectivity index (χ3v) is 1.17. The summed E-state index contributed by atoms with van der Waals surface area (Å²) in [7, 11) is 0. The van der Waals surface area contributed by atoms with Crippen molar-refractivity contribution in [2.45, 2.75) is 25.8 Å². The van der Waals surface area contributed by atoms with Crippen molar-refractivity contribution in [2.24, 2.45) is 5.11 Å². The molecule has 48 valence electrons. The highest BCUT2D eigenvalue weighted by Crippen LogP contribution is 2.38. The smallest absolute Gasteiger partial charge is 0.136 e. The van der Waals surface area contributed by atoms with Crippen LogP contribution >= 0.6 is 0 Å². The maximum absolute atomic E-state index is 8.27. The number of hydrogen-bond acceptors (Lipinski definition) is 2. The van der Waals surface area contributed by atoms with Crippen LogP contribution in [0.2, 0.25) is 0 Å². The molecule has 0 aromatic heterocycles. The number of hydrogen-bond donors (Lipinski definition) is 0. The second-order valence-electron chi connectivity index (χ2n) is 1.83. The lowest BCUT2D eigenvalue weighted by atomic mass is 10.3. The predicted octanol–water partition coefficient (Wildman–Crippen LogP) is 1.99. The Balaban J connectivity index is 0.000000640. The SMILES string of the molecule is C.N#CC1(N=[N+]=[N-])CC1. The molecule has 1 aliphatic carbocycles. The van der Waals surface area contributed by atoms with E-state index in [9.17, 15) is 0 Å². The lowest BCUT2D eigenvalue weighted by molar-refractivity contribution is 0.859. The number of nitrogens with zero attached hydrogens (tertiary/aromatic N) is 4. The van der Waals surface area contributed by atoms with E-state index in [1.54, 1.807) is 0 Å². The highest BCUT2D eigenvalue weighted by atomic mass is 15.2. The molecule has 0 radical (unpaired) electrons. The van der Waals surface area contributed by atoms with Crippen LogP contribution in [0.25, 0.3) is 10.4 Å². The molecule has 0 spiro atoms. The first-order chi connectivity index (χ1) is 3.83. The molecule has 1 rings (SSSR count). The minimum atomic E-state index is -0.644. The molecule has 1 fully saturated rings. The van der Waals surface area contributed by atoms with Crippen LogP contribution < -0.4 is 0 Å². The summed E-state index contributed by atoms with van der Waals surface area (Å²) in [5, 5.41) is 11.6. The third-order valence-electron chi connectivity index (χ3n) is 1.17. The molecule has 4 heteroatoms. The summed E-state index contributed by atoms with van der Waals surface area (Å²) in [6.07, 6.45) is 1.46. The molecule has 0 atom stereocenters. The van der Waals surface area contributed by atoms with Gasteiger partial charge in [0.25, 0.3) is 0 Å². The van der Waals surface area contributed by atoms with Crippen LogP contribution in [0.15, 0.2) is 5.11 Å². The normalized spacial score (nSPS) is 18.1. The van der Waals surface area contributed by atoms with Crippen LogP contribution in [0.1, 0.15) is 20.3 Å². The van der Waals surface area contributed by atoms with Crippen LogP contribution in [0.3, 0.4) is 0 Å². The average molecular weight is 124 g/mol. The van der Waals surface area contributed by atoms with Gasteiger partial charge in [0.1, 0.15) is 5.54 Å². The standard InChI is InChI=1S/C4H4N4.CH4/c5-3-4(1-2-4)7-8-6;/h1-2H2;1H4. The first-order valence-corrected chi connectivity index (χ1v) is 2.30. The predicted molar refractivity (Wildman–Crippen MR) is 33.5 cm³/mol. The van der Waals surface area contributed by atoms with Crippen LogP contribution in [0.5, 0.6) is 0 Å². The Labute approximate surface area is 53.7 Å². The second kappa shape index (κ2) is 2.38. The van der Waals surface area contributed by atoms with Gasteiger partial charge in [-0.25, -0.2) is 0 Å². The maximum Gasteiger partial charge on any atom is 0.136 e. The van der Waals surface area contributed by atoms with Crippen LogP contribution in [-0.2, 0) is 0 Å². The van der Waals surface area contributed by atoms with E-state index in [1.807, 2.05) is 6.07 Å². The van der Waals surface area contributed by atoms with Gasteiger partial charge in [0.15, 0.2) is 0 Å². The molecule has 0 aromatic rings. The molecule has 9 heavy (non-hydrogen) atoms. The molecule has 4 nitrogen and oxygen atoms in total. The average Bonchev–Trinajstić information content (AvgIpc) is 2.50. The fourth-order valence-electron chi connectivity index (χ4n) is 0.438. The molecule has 1 saturated carbocycles. The summed E-state index contributed by atoms with van der Waals surface area (Å²) in [5.74, 6) is 0. The summed E-state index contributed by atoms with van der Waals surface area (Å²) < 4.78 is 0. The summed E-state index contributed by atoms with van der Waals surface area (Å²) >= 11 is 0. The molecule has 0 aromatic carbocycles. The lowest BCUT2D eigenvalue weighted by Gasteiger charge is -1.84. The van der Waals surface area contributed by atoms with Gasteiger partial charge in [0.05, 0.1) is 6.07 Å². The molecular weight excluding hydrogens is 116 g/mol. The zero-order valence-corrected chi connectivity index (χ0v) is 4.20. The molecular formula is C5H8N4. The van der Waals surface area contributed by atoms with E-state index in [1.165, 1.54) is 0 Å². The van der Waals surface area contributed by atoms with Crippen molar-refractivity contribution < 1.29 is 0 Å². The largest absolute Gasteiger partial charge is 0.198 e. The number of azide groups is 1. The first kappa shape index (κ1) is 7.80. The molecule has 0 bridgehead atoms. The summed E-state index contributed by atoms with van der Waals surface area (Å²) in [6.45, 7) is 0. The van der Waals surface area contributed by atoms with Gasteiger partial charge in [-0.1, -0.05) is 12.5 Å². The summed E-state index contributed by atoms with van der Waals surface area (Å²) in [6, 6.07) is 1.93. The molecule has 0 saturated heterocycles. The van der Waals surface area contributed by atoms with Gasteiger partial charge in [-0.3, -0.25) is 0 Å². The Morgan fingerprint density at radius 2 is 2.22 bits per heavy atom. The monoisotopic (exact) mass is 124 g/mol. The van der Waals surface area contributed by atoms with Crippen molar-refractivity contribution in [2.75, 3.05) is 0 Å². The van der Waals surface area contributed by atoms with Gasteiger partial charge in [0.2, 0.25) is 0 Å². The Kier molecular flexibility index (Phi) is 2.06. The highest BCUT2D eigenvalue weighted by Gasteiger charge is 2.42. The topological polar surface area (TPSA) is 72.5 Å². The minimum absolute atomic E-state index is 0. The van der Waals surface area contributed by atoms with Gasteiger partial charge < -0.3 is 0 Å². The van der Waals surface area contributed by atoms with Crippen molar-refractivity contribution in [3.8, 4) is 6.07 Å². The van der Waals surface area contributed by atoms with E-state index in [0.717, 1.165) is 12.8 Å². The van der Waals surface area contributed by atoms with E-state index in [4.69, 9.17) is 10.8 Å². The van der Waals surface area contributed by atoms with Gasteiger partial charge >= 0.3 is 0 Å². The van der Waals surface area contributed by atoms with Crippen molar-refractivity contribution in [3.05, 3.63) is 10.4 Å². The van der Waals surface area contributed by atoms with Crippen molar-refractivity contribution in [1.29, 1.82) is 5.26 Å². The van der Waals surface area contributed by atoms with Crippen LogP contribution in [0.4, 0.5) is 0 Å². The highest BCUT2D eigenvalue weighted by molar-refractivity contribution is 5.18. The van der Waals surface area contributed by atoms with Gasteiger partial charge in [-0.15, -0.1) is 0 Å². The number of rotatable bonds is 1. The van der Waals surface area contributed by atoms with Gasteiger partial charge in [-0.2, -0.15) is 5.26 Å². The summed E-state index contributed by atoms with van der Waals surface area (Å²) in [4.78, 5) is 2.54. The molecule has 0 N–H and O–H groups in total. The van der Waals surface area contributed by atoms with E-state index in [2.05, 4.69) is 10.0 Å². The van der Waals surface area contributed by atoms with Crippen LogP contribution in [-0.4, -0.2) is 5.54 Å². The first-order valence-electron chi connectivity index (χ1n) is 2.30. The fraction of sp³-hybridized carbons (Fsp3) is 0.800. The Bertz CT molecular complexity index is 180. The Morgan fingerprint density at radius 3 is 2.33 bits per heavy atom. The molecule has 0 aliphatic heterocycles. The zero-order chi connectivity index (χ0) is 6.04. The molecule has 0 heterocycles. The van der Waals surface area contributed by atoms with Crippen molar-refractivity contribution in [1.82, 2.24) is 0 Å². The Morgan fingerprint density at radius 1 is 1.67 bits per heavy atom. The zero-order valence-electron chi connectivity index (χ0n) is 4.20. The number of nitriles is 1. The van der Waals surface area contributed by atoms with Crippen molar-refractivity contribution >= 4 is 0 Å². The molecule has 1 aliphatic rings. The second-order valence-corrected chi connectivity index (χ2v) is 1.83. The maximum atomic E-state index is 8.27. The van der Waals surface area contributed by atoms with E-state index in [-0.39, 0.29) is 7.43 Å². The third kappa shape index (κ3) is 1.34. The van der Waals surface area contributed by atoms with E-state index in [0.29, 0.717) is 0 Å². The molecule has 0 amide bonds. The molecule has 0 unspecified atom stereocenters. The summed E-state index contributed by atoms with van der Waals surface area (Å²) in [5.41, 5.74) is 7.24. The van der Waals surface area contributed by atoms with Crippen molar-refractivity contribution in [3.63, 3.8) is 0 Å². The van der Waals surface area contributed by atoms with Crippen LogP contribution in [0, 0.1) is 11.3 Å². The van der Waals surface area contributed by atoms with Gasteiger partial charge in [0, 0.05) is 4.91 Å². The van der Waals surface area contributed by atoms with E-state index < -0.39 is 5.54 Å². The minimum Gasteiger partial charge on any atom is -0.198 e. The lowest BCUT2D eigenvalue weighted by Crippen LogP contribution is -1.95. The fourth-order valence-corrected chi connectivity index (χ4v) is 0.438. The quantitative estimate of drug-likeness (QED) is 0.299. The van der Waals surface area contributed by atoms with E-state index >= 15 is 0 Å². The van der Waals surface area contributed by atoms with Gasteiger partial charge in [-0.05, 0) is 18.4 Å². The Hall–Kier alpha value is -1.20.